The predicted octanol–water partition coefficient (Wildman–Crippen LogP) is 3.24. The Morgan fingerprint density at radius 2 is 2.00 bits per heavy atom. The molecule has 7 heteroatoms. The van der Waals surface area contributed by atoms with Gasteiger partial charge in [-0.25, -0.2) is 4.79 Å². The minimum atomic E-state index is -0.560. The molecule has 0 radical (unpaired) electrons. The average molecular weight is 370 g/mol. The lowest BCUT2D eigenvalue weighted by molar-refractivity contribution is -0.143. The van der Waals surface area contributed by atoms with E-state index in [1.807, 2.05) is 61.5 Å². The minimum absolute atomic E-state index is 0.115. The van der Waals surface area contributed by atoms with Crippen LogP contribution < -0.4 is 4.90 Å². The Kier molecular flexibility index (Phi) is 5.48. The van der Waals surface area contributed by atoms with Gasteiger partial charge in [-0.15, -0.1) is 11.3 Å². The number of hydrogen-bond donors (Lipinski definition) is 0. The molecule has 1 aliphatic rings. The first-order valence-electron chi connectivity index (χ1n) is 8.00. The van der Waals surface area contributed by atoms with Crippen LogP contribution >= 0.6 is 11.3 Å². The van der Waals surface area contributed by atoms with Crippen molar-refractivity contribution in [2.75, 3.05) is 19.0 Å². The summed E-state index contributed by atoms with van der Waals surface area (Å²) in [6.45, 7) is 0.178. The van der Waals surface area contributed by atoms with Gasteiger partial charge in [-0.3, -0.25) is 4.79 Å². The summed E-state index contributed by atoms with van der Waals surface area (Å²) in [6.07, 6.45) is 1.58. The van der Waals surface area contributed by atoms with Crippen molar-refractivity contribution in [1.29, 1.82) is 0 Å². The fourth-order valence-electron chi connectivity index (χ4n) is 2.31. The summed E-state index contributed by atoms with van der Waals surface area (Å²) in [5.41, 5.74) is 1.47. The maximum Gasteiger partial charge on any atom is 0.367 e. The highest BCUT2D eigenvalue weighted by molar-refractivity contribution is 7.17. The molecular formula is C19H18N2O4S. The van der Waals surface area contributed by atoms with Crippen molar-refractivity contribution in [1.82, 2.24) is 0 Å². The smallest absolute Gasteiger partial charge is 0.367 e. The fourth-order valence-corrected chi connectivity index (χ4v) is 3.18. The van der Waals surface area contributed by atoms with E-state index in [2.05, 4.69) is 5.16 Å². The number of esters is 1. The average Bonchev–Trinajstić information content (AvgIpc) is 3.23. The maximum atomic E-state index is 12.1. The second kappa shape index (κ2) is 7.97. The van der Waals surface area contributed by atoms with Crippen LogP contribution in [0.25, 0.3) is 6.08 Å². The van der Waals surface area contributed by atoms with Crippen LogP contribution in [0.3, 0.4) is 0 Å². The van der Waals surface area contributed by atoms with E-state index in [-0.39, 0.29) is 24.3 Å². The van der Waals surface area contributed by atoms with Crippen molar-refractivity contribution >= 4 is 40.1 Å². The molecule has 1 aromatic heterocycles. The van der Waals surface area contributed by atoms with Crippen LogP contribution in [0.15, 0.2) is 53.2 Å². The summed E-state index contributed by atoms with van der Waals surface area (Å²) < 4.78 is 5.24. The number of anilines is 1. The van der Waals surface area contributed by atoms with Gasteiger partial charge >= 0.3 is 11.9 Å². The van der Waals surface area contributed by atoms with Crippen molar-refractivity contribution in [2.45, 2.75) is 13.0 Å². The van der Waals surface area contributed by atoms with Crippen molar-refractivity contribution < 1.29 is 19.2 Å². The van der Waals surface area contributed by atoms with Gasteiger partial charge in [0.05, 0.1) is 17.0 Å². The molecule has 0 unspecified atom stereocenters. The number of oxime groups is 1. The first kappa shape index (κ1) is 17.9. The summed E-state index contributed by atoms with van der Waals surface area (Å²) in [5.74, 6) is -1.02. The molecule has 26 heavy (non-hydrogen) atoms. The first-order valence-corrected chi connectivity index (χ1v) is 8.81. The molecule has 0 fully saturated rings. The van der Waals surface area contributed by atoms with Crippen molar-refractivity contribution in [3.05, 3.63) is 58.5 Å². The summed E-state index contributed by atoms with van der Waals surface area (Å²) in [4.78, 5) is 31.6. The van der Waals surface area contributed by atoms with Gasteiger partial charge < -0.3 is 14.5 Å². The highest BCUT2D eigenvalue weighted by Crippen LogP contribution is 2.27. The zero-order valence-corrected chi connectivity index (χ0v) is 15.3. The van der Waals surface area contributed by atoms with Crippen LogP contribution in [-0.4, -0.2) is 31.7 Å². The molecule has 2 aromatic rings. The van der Waals surface area contributed by atoms with Gasteiger partial charge in [0.25, 0.3) is 0 Å². The number of ether oxygens (including phenoxy) is 1. The Bertz CT molecular complexity index is 869. The number of carbonyl (C=O) groups excluding carboxylic acids is 2. The molecule has 0 saturated heterocycles. The van der Waals surface area contributed by atoms with Crippen LogP contribution in [0.2, 0.25) is 0 Å². The van der Waals surface area contributed by atoms with Gasteiger partial charge in [-0.1, -0.05) is 35.5 Å². The summed E-state index contributed by atoms with van der Waals surface area (Å²) in [5, 5.41) is 4.78. The number of carbonyl (C=O) groups is 2. The van der Waals surface area contributed by atoms with Crippen molar-refractivity contribution in [3.8, 4) is 0 Å². The summed E-state index contributed by atoms with van der Waals surface area (Å²) >= 11 is 1.53. The molecule has 1 aliphatic heterocycles. The van der Waals surface area contributed by atoms with Gasteiger partial charge in [0.2, 0.25) is 0 Å². The van der Waals surface area contributed by atoms with Crippen LogP contribution in [0.1, 0.15) is 16.9 Å². The molecule has 0 bridgehead atoms. The molecule has 0 saturated carbocycles. The Hall–Kier alpha value is -2.93. The van der Waals surface area contributed by atoms with E-state index in [1.165, 1.54) is 11.3 Å². The van der Waals surface area contributed by atoms with E-state index < -0.39 is 11.9 Å². The third-order valence-electron chi connectivity index (χ3n) is 3.66. The second-order valence-corrected chi connectivity index (χ2v) is 6.96. The largest absolute Gasteiger partial charge is 0.461 e. The molecule has 0 spiro atoms. The lowest BCUT2D eigenvalue weighted by atomic mass is 10.1. The number of thiophene rings is 1. The lowest BCUT2D eigenvalue weighted by Crippen LogP contribution is -2.13. The van der Waals surface area contributed by atoms with E-state index in [0.717, 1.165) is 15.4 Å². The SMILES string of the molecule is CN(C)c1ccc(/C=C2/C(=O)ON=C2CC(=O)OCc2ccccc2)s1. The minimum Gasteiger partial charge on any atom is -0.461 e. The predicted molar refractivity (Wildman–Crippen MR) is 101 cm³/mol. The quantitative estimate of drug-likeness (QED) is 0.444. The number of rotatable bonds is 6. The number of nitrogens with zero attached hydrogens (tertiary/aromatic N) is 2. The molecule has 0 amide bonds. The molecule has 0 atom stereocenters. The summed E-state index contributed by atoms with van der Waals surface area (Å²) in [6, 6.07) is 13.3. The van der Waals surface area contributed by atoms with E-state index in [4.69, 9.17) is 9.57 Å². The van der Waals surface area contributed by atoms with Crippen molar-refractivity contribution in [3.63, 3.8) is 0 Å². The van der Waals surface area contributed by atoms with E-state index >= 15 is 0 Å². The Balaban J connectivity index is 1.65. The first-order chi connectivity index (χ1) is 12.5. The van der Waals surface area contributed by atoms with E-state index in [1.54, 1.807) is 6.08 Å². The molecule has 0 aliphatic carbocycles. The fraction of sp³-hybridized carbons (Fsp3) is 0.211. The Labute approximate surface area is 155 Å². The topological polar surface area (TPSA) is 68.2 Å². The van der Waals surface area contributed by atoms with Crippen LogP contribution in [0.4, 0.5) is 5.00 Å². The highest BCUT2D eigenvalue weighted by Gasteiger charge is 2.28. The van der Waals surface area contributed by atoms with Crippen LogP contribution in [-0.2, 0) is 25.8 Å². The summed E-state index contributed by atoms with van der Waals surface area (Å²) in [7, 11) is 3.89. The second-order valence-electron chi connectivity index (χ2n) is 5.87. The molecule has 2 heterocycles. The highest BCUT2D eigenvalue weighted by atomic mass is 32.1. The molecule has 134 valence electrons. The van der Waals surface area contributed by atoms with Gasteiger partial charge in [0.15, 0.2) is 0 Å². The zero-order chi connectivity index (χ0) is 18.5. The van der Waals surface area contributed by atoms with Gasteiger partial charge in [0.1, 0.15) is 12.3 Å². The van der Waals surface area contributed by atoms with Crippen LogP contribution in [0, 0.1) is 0 Å². The van der Waals surface area contributed by atoms with E-state index in [0.29, 0.717) is 0 Å². The van der Waals surface area contributed by atoms with Crippen LogP contribution in [0.5, 0.6) is 0 Å². The Morgan fingerprint density at radius 1 is 1.23 bits per heavy atom. The zero-order valence-electron chi connectivity index (χ0n) is 14.5. The monoisotopic (exact) mass is 370 g/mol. The molecule has 0 N–H and O–H groups in total. The maximum absolute atomic E-state index is 12.1. The Morgan fingerprint density at radius 3 is 2.69 bits per heavy atom. The number of hydrogen-bond acceptors (Lipinski definition) is 7. The lowest BCUT2D eigenvalue weighted by Gasteiger charge is -2.07. The molecule has 6 nitrogen and oxygen atoms in total. The molecule has 3 rings (SSSR count). The van der Waals surface area contributed by atoms with Gasteiger partial charge in [-0.05, 0) is 23.8 Å². The normalized spacial score (nSPS) is 14.9. The molecule has 1 aromatic carbocycles. The molecular weight excluding hydrogens is 352 g/mol. The standard InChI is InChI=1S/C19H18N2O4S/c1-21(2)17-9-8-14(26-17)10-15-16(20-25-19(15)23)11-18(22)24-12-13-6-4-3-5-7-13/h3-10H,11-12H2,1-2H3/b15-10+. The number of benzene rings is 1. The van der Waals surface area contributed by atoms with Gasteiger partial charge in [0, 0.05) is 19.0 Å². The van der Waals surface area contributed by atoms with Gasteiger partial charge in [-0.2, -0.15) is 0 Å². The third kappa shape index (κ3) is 4.37. The van der Waals surface area contributed by atoms with Crippen molar-refractivity contribution in [2.24, 2.45) is 5.16 Å². The third-order valence-corrected chi connectivity index (χ3v) is 4.86. The van der Waals surface area contributed by atoms with E-state index in [9.17, 15) is 9.59 Å².